The van der Waals surface area contributed by atoms with Crippen LogP contribution < -0.4 is 4.90 Å². The molecule has 0 saturated carbocycles. The number of carbonyl (C=O) groups is 1. The summed E-state index contributed by atoms with van der Waals surface area (Å²) in [5.41, 5.74) is 1.68. The lowest BCUT2D eigenvalue weighted by Crippen LogP contribution is -2.39. The fourth-order valence-electron chi connectivity index (χ4n) is 2.57. The van der Waals surface area contributed by atoms with Gasteiger partial charge in [0.1, 0.15) is 0 Å². The fraction of sp³-hybridized carbons (Fsp3) is 0.500. The summed E-state index contributed by atoms with van der Waals surface area (Å²) < 4.78 is 13.2. The van der Waals surface area contributed by atoms with E-state index in [0.717, 1.165) is 5.69 Å². The van der Waals surface area contributed by atoms with Crippen molar-refractivity contribution in [3.63, 3.8) is 0 Å². The molecule has 25 heavy (non-hydrogen) atoms. The molecule has 2 aromatic rings. The smallest absolute Gasteiger partial charge is 0.177 e. The molecule has 1 fully saturated rings. The number of carbonyl (C=O) groups excluding carboxylic acids is 1. The third-order valence-electron chi connectivity index (χ3n) is 4.19. The van der Waals surface area contributed by atoms with Gasteiger partial charge in [-0.2, -0.15) is 0 Å². The van der Waals surface area contributed by atoms with Gasteiger partial charge in [-0.1, -0.05) is 19.1 Å². The van der Waals surface area contributed by atoms with Gasteiger partial charge < -0.3 is 14.4 Å². The van der Waals surface area contributed by atoms with E-state index in [1.54, 1.807) is 11.6 Å². The van der Waals surface area contributed by atoms with E-state index >= 15 is 0 Å². The summed E-state index contributed by atoms with van der Waals surface area (Å²) >= 11 is 0. The van der Waals surface area contributed by atoms with Gasteiger partial charge in [0.2, 0.25) is 0 Å². The van der Waals surface area contributed by atoms with Crippen LogP contribution in [0.2, 0.25) is 0 Å². The standard InChI is InChI=1S/C18H24N4O3/c1-13(23)14-5-7-15(8-6-14)21(4)16-9-22(20-19-16)10-17-24-11-18(2,3)12-25-17/h5-9,17H,10-12H2,1-4H3. The van der Waals surface area contributed by atoms with Crippen molar-refractivity contribution in [2.24, 2.45) is 5.41 Å². The second kappa shape index (κ2) is 6.93. The third kappa shape index (κ3) is 4.24. The van der Waals surface area contributed by atoms with Gasteiger partial charge in [-0.15, -0.1) is 5.10 Å². The van der Waals surface area contributed by atoms with Crippen molar-refractivity contribution in [1.29, 1.82) is 0 Å². The maximum Gasteiger partial charge on any atom is 0.177 e. The first kappa shape index (κ1) is 17.6. The molecule has 0 N–H and O–H groups in total. The molecule has 2 heterocycles. The van der Waals surface area contributed by atoms with Crippen molar-refractivity contribution in [1.82, 2.24) is 15.0 Å². The first-order valence-electron chi connectivity index (χ1n) is 8.32. The topological polar surface area (TPSA) is 69.5 Å². The normalized spacial score (nSPS) is 17.4. The summed E-state index contributed by atoms with van der Waals surface area (Å²) in [7, 11) is 1.91. The van der Waals surface area contributed by atoms with Gasteiger partial charge in [-0.25, -0.2) is 4.68 Å². The second-order valence-electron chi connectivity index (χ2n) is 7.18. The highest BCUT2D eigenvalue weighted by atomic mass is 16.7. The van der Waals surface area contributed by atoms with Gasteiger partial charge in [0.15, 0.2) is 17.9 Å². The van der Waals surface area contributed by atoms with Crippen molar-refractivity contribution in [2.45, 2.75) is 33.6 Å². The lowest BCUT2D eigenvalue weighted by atomic mass is 9.96. The zero-order valence-electron chi connectivity index (χ0n) is 15.1. The summed E-state index contributed by atoms with van der Waals surface area (Å²) in [6.07, 6.45) is 1.55. The van der Waals surface area contributed by atoms with Crippen LogP contribution in [0.4, 0.5) is 11.5 Å². The predicted molar refractivity (Wildman–Crippen MR) is 94.0 cm³/mol. The second-order valence-corrected chi connectivity index (χ2v) is 7.18. The van der Waals surface area contributed by atoms with Crippen LogP contribution in [0.15, 0.2) is 30.5 Å². The summed E-state index contributed by atoms with van der Waals surface area (Å²) in [5.74, 6) is 0.766. The van der Waals surface area contributed by atoms with Crippen molar-refractivity contribution in [3.8, 4) is 0 Å². The Hall–Kier alpha value is -2.25. The lowest BCUT2D eigenvalue weighted by Gasteiger charge is -2.34. The molecule has 0 atom stereocenters. The van der Waals surface area contributed by atoms with Crippen LogP contribution in [0.3, 0.4) is 0 Å². The molecule has 0 amide bonds. The number of nitrogens with zero attached hydrogens (tertiary/aromatic N) is 4. The van der Waals surface area contributed by atoms with Crippen LogP contribution in [0.1, 0.15) is 31.1 Å². The Morgan fingerprint density at radius 1 is 1.28 bits per heavy atom. The maximum absolute atomic E-state index is 11.4. The number of Topliss-reactive ketones (excluding diaryl/α,β-unsaturated/α-hetero) is 1. The number of hydrogen-bond acceptors (Lipinski definition) is 6. The Kier molecular flexibility index (Phi) is 4.87. The molecule has 1 aromatic heterocycles. The molecule has 0 unspecified atom stereocenters. The van der Waals surface area contributed by atoms with Gasteiger partial charge in [0, 0.05) is 23.7 Å². The van der Waals surface area contributed by atoms with E-state index in [4.69, 9.17) is 9.47 Å². The first-order valence-corrected chi connectivity index (χ1v) is 8.32. The average molecular weight is 344 g/mol. The van der Waals surface area contributed by atoms with Crippen LogP contribution in [-0.2, 0) is 16.0 Å². The van der Waals surface area contributed by atoms with Gasteiger partial charge in [-0.05, 0) is 31.2 Å². The van der Waals surface area contributed by atoms with E-state index in [2.05, 4.69) is 24.2 Å². The number of benzene rings is 1. The molecule has 7 heteroatoms. The molecule has 3 rings (SSSR count). The van der Waals surface area contributed by atoms with Gasteiger partial charge in [0.25, 0.3) is 0 Å². The van der Waals surface area contributed by atoms with Crippen LogP contribution in [-0.4, -0.2) is 47.3 Å². The predicted octanol–water partition coefficient (Wildman–Crippen LogP) is 2.65. The van der Waals surface area contributed by atoms with E-state index in [-0.39, 0.29) is 17.5 Å². The number of aromatic nitrogens is 3. The number of ketones is 1. The quantitative estimate of drug-likeness (QED) is 0.777. The van der Waals surface area contributed by atoms with Crippen LogP contribution in [0.5, 0.6) is 0 Å². The highest BCUT2D eigenvalue weighted by molar-refractivity contribution is 5.94. The van der Waals surface area contributed by atoms with Crippen molar-refractivity contribution >= 4 is 17.3 Å². The van der Waals surface area contributed by atoms with Crippen molar-refractivity contribution in [2.75, 3.05) is 25.2 Å². The third-order valence-corrected chi connectivity index (χ3v) is 4.19. The molecule has 1 saturated heterocycles. The Balaban J connectivity index is 1.63. The Labute approximate surface area is 147 Å². The van der Waals surface area contributed by atoms with Gasteiger partial charge in [-0.3, -0.25) is 4.79 Å². The summed E-state index contributed by atoms with van der Waals surface area (Å²) in [4.78, 5) is 13.3. The van der Waals surface area contributed by atoms with E-state index in [9.17, 15) is 4.79 Å². The molecular formula is C18H24N4O3. The summed E-state index contributed by atoms with van der Waals surface area (Å²) in [6.45, 7) is 7.62. The molecule has 1 aliphatic heterocycles. The molecular weight excluding hydrogens is 320 g/mol. The SMILES string of the molecule is CC(=O)c1ccc(N(C)c2cn(CC3OCC(C)(C)CO3)nn2)cc1. The van der Waals surface area contributed by atoms with Crippen molar-refractivity contribution in [3.05, 3.63) is 36.0 Å². The fourth-order valence-corrected chi connectivity index (χ4v) is 2.57. The van der Waals surface area contributed by atoms with Gasteiger partial charge >= 0.3 is 0 Å². The highest BCUT2D eigenvalue weighted by Gasteiger charge is 2.28. The lowest BCUT2D eigenvalue weighted by molar-refractivity contribution is -0.227. The number of anilines is 2. The van der Waals surface area contributed by atoms with E-state index in [1.165, 1.54) is 0 Å². The van der Waals surface area contributed by atoms with Crippen LogP contribution >= 0.6 is 0 Å². The monoisotopic (exact) mass is 344 g/mol. The van der Waals surface area contributed by atoms with Crippen LogP contribution in [0, 0.1) is 5.41 Å². The van der Waals surface area contributed by atoms with Gasteiger partial charge in [0.05, 0.1) is 26.0 Å². The minimum atomic E-state index is -0.303. The maximum atomic E-state index is 11.4. The van der Waals surface area contributed by atoms with Crippen LogP contribution in [0.25, 0.3) is 0 Å². The highest BCUT2D eigenvalue weighted by Crippen LogP contribution is 2.24. The molecule has 7 nitrogen and oxygen atoms in total. The molecule has 134 valence electrons. The summed E-state index contributed by atoms with van der Waals surface area (Å²) in [5, 5.41) is 8.35. The molecule has 0 spiro atoms. The average Bonchev–Trinajstić information content (AvgIpc) is 3.05. The number of ether oxygens (including phenoxy) is 2. The van der Waals surface area contributed by atoms with Crippen molar-refractivity contribution < 1.29 is 14.3 Å². The zero-order chi connectivity index (χ0) is 18.0. The number of hydrogen-bond donors (Lipinski definition) is 0. The molecule has 0 bridgehead atoms. The summed E-state index contributed by atoms with van der Waals surface area (Å²) in [6, 6.07) is 7.41. The largest absolute Gasteiger partial charge is 0.350 e. The van der Waals surface area contributed by atoms with E-state index in [1.807, 2.05) is 42.4 Å². The zero-order valence-corrected chi connectivity index (χ0v) is 15.1. The Morgan fingerprint density at radius 2 is 1.92 bits per heavy atom. The minimum absolute atomic E-state index is 0.0517. The molecule has 0 aliphatic carbocycles. The van der Waals surface area contributed by atoms with E-state index in [0.29, 0.717) is 31.1 Å². The molecule has 0 radical (unpaired) electrons. The molecule has 1 aromatic carbocycles. The minimum Gasteiger partial charge on any atom is -0.350 e. The first-order chi connectivity index (χ1) is 11.8. The molecule has 1 aliphatic rings. The number of rotatable bonds is 5. The van der Waals surface area contributed by atoms with E-state index < -0.39 is 0 Å². The Bertz CT molecular complexity index is 729. The Morgan fingerprint density at radius 3 is 2.52 bits per heavy atom.